The standard InChI is InChI=1S/2H3O4P.O2S/c2*1-5(2,3)4;1-2-3-1/h2*(H3,1,2,3,4);. The smallest absolute Gasteiger partial charge is 0.303 e. The maximum Gasteiger partial charge on any atom is 0.466 e. The van der Waals surface area contributed by atoms with Crippen molar-refractivity contribution in [2.75, 3.05) is 0 Å². The lowest BCUT2D eigenvalue weighted by Crippen LogP contribution is -1.66. The van der Waals surface area contributed by atoms with E-state index in [1.54, 1.807) is 0 Å². The zero-order chi connectivity index (χ0) is 11.1. The van der Waals surface area contributed by atoms with E-state index in [9.17, 15) is 0 Å². The predicted octanol–water partition coefficient (Wildman–Crippen LogP) is -0.923. The zero-order valence-electron chi connectivity index (χ0n) is 5.62. The molecule has 0 amide bonds. The van der Waals surface area contributed by atoms with E-state index in [1.807, 2.05) is 0 Å². The van der Waals surface area contributed by atoms with Crippen LogP contribution in [0.25, 0.3) is 0 Å². The molecule has 0 unspecified atom stereocenters. The SMILES string of the molecule is O=P(O)(O)O.O=P(O)(O)O.o1os1. The van der Waals surface area contributed by atoms with Gasteiger partial charge in [0.15, 0.2) is 0 Å². The highest BCUT2D eigenvalue weighted by molar-refractivity contribution is 7.45. The van der Waals surface area contributed by atoms with Crippen LogP contribution < -0.4 is 0 Å². The highest BCUT2D eigenvalue weighted by atomic mass is 32.2. The van der Waals surface area contributed by atoms with Crippen molar-refractivity contribution in [1.29, 1.82) is 0 Å². The van der Waals surface area contributed by atoms with Crippen molar-refractivity contribution in [2.45, 2.75) is 0 Å². The van der Waals surface area contributed by atoms with E-state index in [0.717, 1.165) is 11.9 Å². The Hall–Kier alpha value is 0.0400. The van der Waals surface area contributed by atoms with Crippen LogP contribution in [0.4, 0.5) is 0 Å². The quantitative estimate of drug-likeness (QED) is 0.252. The predicted molar refractivity (Wildman–Crippen MR) is 37.4 cm³/mol. The van der Waals surface area contributed by atoms with E-state index in [0.29, 0.717) is 0 Å². The van der Waals surface area contributed by atoms with Crippen molar-refractivity contribution in [1.82, 2.24) is 0 Å². The zero-order valence-corrected chi connectivity index (χ0v) is 8.22. The Morgan fingerprint density at radius 3 is 0.846 bits per heavy atom. The van der Waals surface area contributed by atoms with Gasteiger partial charge in [-0.05, 0) is 0 Å². The molecule has 0 aliphatic carbocycles. The molecule has 13 heteroatoms. The maximum absolute atomic E-state index is 8.88. The highest BCUT2D eigenvalue weighted by Gasteiger charge is 2.00. The van der Waals surface area contributed by atoms with E-state index in [4.69, 9.17) is 38.5 Å². The second kappa shape index (κ2) is 6.49. The topological polar surface area (TPSA) is 182 Å². The molecule has 1 heterocycles. The van der Waals surface area contributed by atoms with Crippen LogP contribution in [-0.4, -0.2) is 29.4 Å². The van der Waals surface area contributed by atoms with Crippen LogP contribution in [0.15, 0.2) is 8.02 Å². The molecule has 0 radical (unpaired) electrons. The van der Waals surface area contributed by atoms with Crippen molar-refractivity contribution in [3.8, 4) is 0 Å². The van der Waals surface area contributed by atoms with E-state index >= 15 is 0 Å². The van der Waals surface area contributed by atoms with Gasteiger partial charge >= 0.3 is 27.6 Å². The Morgan fingerprint density at radius 1 is 0.769 bits per heavy atom. The lowest BCUT2D eigenvalue weighted by atomic mass is 15.2. The number of hydrogen-bond donors (Lipinski definition) is 6. The molecule has 82 valence electrons. The second-order valence-electron chi connectivity index (χ2n) is 1.23. The first-order valence-corrected chi connectivity index (χ1v) is 5.86. The molecule has 0 bridgehead atoms. The Morgan fingerprint density at radius 2 is 0.846 bits per heavy atom. The Labute approximate surface area is 74.9 Å². The van der Waals surface area contributed by atoms with Gasteiger partial charge in [-0.15, -0.1) is 0 Å². The van der Waals surface area contributed by atoms with Gasteiger partial charge in [0, 0.05) is 0 Å². The molecule has 0 saturated heterocycles. The molecule has 0 saturated carbocycles. The van der Waals surface area contributed by atoms with Crippen LogP contribution in [0, 0.1) is 0 Å². The molecule has 1 aromatic heterocycles. The van der Waals surface area contributed by atoms with Gasteiger partial charge in [0.05, 0.1) is 0 Å². The largest absolute Gasteiger partial charge is 0.466 e. The lowest BCUT2D eigenvalue weighted by Gasteiger charge is -1.82. The molecule has 0 spiro atoms. The molecule has 0 aromatic carbocycles. The first-order valence-electron chi connectivity index (χ1n) is 2.07. The summed E-state index contributed by atoms with van der Waals surface area (Å²) in [5, 5.41) is 0. The number of hydrogen-bond acceptors (Lipinski definition) is 5. The van der Waals surface area contributed by atoms with Crippen LogP contribution >= 0.6 is 27.6 Å². The van der Waals surface area contributed by atoms with Crippen LogP contribution in [-0.2, 0) is 9.13 Å². The molecule has 13 heavy (non-hydrogen) atoms. The molecule has 6 N–H and O–H groups in total. The monoisotopic (exact) mass is 260 g/mol. The summed E-state index contributed by atoms with van der Waals surface area (Å²) in [4.78, 5) is 43.1. The summed E-state index contributed by atoms with van der Waals surface area (Å²) in [5.74, 6) is 0. The normalized spacial score (nSPS) is 10.9. The third-order valence-corrected chi connectivity index (χ3v) is 0.204. The van der Waals surface area contributed by atoms with Crippen LogP contribution in [0.1, 0.15) is 0 Å². The summed E-state index contributed by atoms with van der Waals surface area (Å²) in [5.41, 5.74) is 0. The summed E-state index contributed by atoms with van der Waals surface area (Å²) < 4.78 is 25.6. The van der Waals surface area contributed by atoms with Crippen LogP contribution in [0.2, 0.25) is 0 Å². The second-order valence-corrected chi connectivity index (χ2v) is 3.69. The minimum Gasteiger partial charge on any atom is -0.303 e. The molecule has 10 nitrogen and oxygen atoms in total. The minimum absolute atomic E-state index is 1.000. The third kappa shape index (κ3) is 1120. The average Bonchev–Trinajstić information content (AvgIpc) is 2.26. The number of rotatable bonds is 0. The van der Waals surface area contributed by atoms with Crippen molar-refractivity contribution in [2.24, 2.45) is 0 Å². The summed E-state index contributed by atoms with van der Waals surface area (Å²) in [6, 6.07) is 0. The molecular weight excluding hydrogens is 254 g/mol. The van der Waals surface area contributed by atoms with E-state index in [2.05, 4.69) is 8.02 Å². The summed E-state index contributed by atoms with van der Waals surface area (Å²) in [6.07, 6.45) is 0. The molecule has 0 aliphatic rings. The van der Waals surface area contributed by atoms with Crippen molar-refractivity contribution in [3.05, 3.63) is 0 Å². The van der Waals surface area contributed by atoms with Gasteiger partial charge in [-0.25, -0.2) is 9.13 Å². The summed E-state index contributed by atoms with van der Waals surface area (Å²) >= 11 is 1.000. The van der Waals surface area contributed by atoms with Crippen molar-refractivity contribution >= 4 is 27.6 Å². The van der Waals surface area contributed by atoms with Gasteiger partial charge in [0.1, 0.15) is 0 Å². The van der Waals surface area contributed by atoms with Crippen molar-refractivity contribution < 1.29 is 46.5 Å². The van der Waals surface area contributed by atoms with Gasteiger partial charge < -0.3 is 29.4 Å². The molecule has 0 aliphatic heterocycles. The summed E-state index contributed by atoms with van der Waals surface area (Å²) in [7, 11) is -9.28. The first kappa shape index (κ1) is 15.5. The summed E-state index contributed by atoms with van der Waals surface area (Å²) in [6.45, 7) is 0. The average molecular weight is 260 g/mol. The van der Waals surface area contributed by atoms with Crippen LogP contribution in [0.3, 0.4) is 0 Å². The Balaban J connectivity index is 0. The molecule has 1 rings (SSSR count). The van der Waals surface area contributed by atoms with Gasteiger partial charge in [-0.1, -0.05) is 0 Å². The first-order chi connectivity index (χ1) is 5.50. The third-order valence-electron chi connectivity index (χ3n) is 0.0680. The molecular formula is H6O10P2S. The molecule has 0 atom stereocenters. The van der Waals surface area contributed by atoms with Gasteiger partial charge in [-0.3, -0.25) is 0 Å². The molecule has 1 aromatic rings. The molecule has 0 fully saturated rings. The highest BCUT2D eigenvalue weighted by Crippen LogP contribution is 2.26. The fourth-order valence-corrected chi connectivity index (χ4v) is 0. The minimum atomic E-state index is -4.64. The van der Waals surface area contributed by atoms with Gasteiger partial charge in [0.25, 0.3) is 0 Å². The fourth-order valence-electron chi connectivity index (χ4n) is 0. The van der Waals surface area contributed by atoms with Crippen molar-refractivity contribution in [3.63, 3.8) is 0 Å². The Kier molecular flexibility index (Phi) is 7.74. The maximum atomic E-state index is 8.88. The van der Waals surface area contributed by atoms with E-state index in [1.165, 1.54) is 0 Å². The van der Waals surface area contributed by atoms with E-state index < -0.39 is 15.6 Å². The fraction of sp³-hybridized carbons (Fsp3) is 0. The van der Waals surface area contributed by atoms with Gasteiger partial charge in [0.2, 0.25) is 0 Å². The van der Waals surface area contributed by atoms with Crippen LogP contribution in [0.5, 0.6) is 0 Å². The van der Waals surface area contributed by atoms with Gasteiger partial charge in [-0.2, -0.15) is 8.02 Å². The Bertz CT molecular complexity index is 201. The number of phosphoric acid groups is 2. The lowest BCUT2D eigenvalue weighted by molar-refractivity contribution is 0.264. The van der Waals surface area contributed by atoms with E-state index in [-0.39, 0.29) is 0 Å².